The Morgan fingerprint density at radius 3 is 2.61 bits per heavy atom. The zero-order valence-electron chi connectivity index (χ0n) is 17.6. The molecule has 0 spiro atoms. The third kappa shape index (κ3) is 4.70. The number of halogens is 3. The molecule has 1 saturated heterocycles. The van der Waals surface area contributed by atoms with Crippen molar-refractivity contribution in [2.45, 2.75) is 25.1 Å². The minimum absolute atomic E-state index is 0.0245. The number of anilines is 2. The second kappa shape index (κ2) is 7.79. The number of rotatable bonds is 5. The van der Waals surface area contributed by atoms with E-state index in [-0.39, 0.29) is 35.1 Å². The number of nitrogens with one attached hydrogen (secondary N) is 2. The molecule has 0 aromatic carbocycles. The molecular formula is C15H19F3N6O2S2. The first-order valence-electron chi connectivity index (χ1n) is 9.63. The lowest BCUT2D eigenvalue weighted by molar-refractivity contribution is -0.137. The molecule has 0 aliphatic carbocycles. The molecule has 1 fully saturated rings. The van der Waals surface area contributed by atoms with Crippen molar-refractivity contribution in [2.75, 3.05) is 37.0 Å². The highest BCUT2D eigenvalue weighted by atomic mass is 32.2. The van der Waals surface area contributed by atoms with Gasteiger partial charge in [0.1, 0.15) is 5.56 Å². The number of hydrogen-bond donors (Lipinski definition) is 2. The van der Waals surface area contributed by atoms with Crippen LogP contribution in [0.25, 0.3) is 10.6 Å². The minimum Gasteiger partial charge on any atom is -0.365 e. The van der Waals surface area contributed by atoms with E-state index in [4.69, 9.17) is 4.11 Å². The number of sulfonamides is 1. The zero-order chi connectivity index (χ0) is 23.0. The number of alkyl halides is 3. The zero-order valence-corrected chi connectivity index (χ0v) is 16.2. The van der Waals surface area contributed by atoms with E-state index in [9.17, 15) is 21.6 Å². The predicted octanol–water partition coefficient (Wildman–Crippen LogP) is 2.50. The second-order valence-corrected chi connectivity index (χ2v) is 9.20. The van der Waals surface area contributed by atoms with Crippen LogP contribution in [0.15, 0.2) is 12.4 Å². The second-order valence-electron chi connectivity index (χ2n) is 6.19. The van der Waals surface area contributed by atoms with E-state index in [1.807, 2.05) is 0 Å². The standard InChI is InChI=1S/C15H19F3N6O2S2/c1-19-14-21-8-11(27-14)12-10(15(16,17)18)7-20-13(23-12)22-9-3-5-24(6-4-9)28(2,25)26/h7-9H,3-6H2,1-2H3,(H,19,21)(H,20,22,23)/i1D3. The molecule has 0 radical (unpaired) electrons. The third-order valence-electron chi connectivity index (χ3n) is 4.20. The number of piperidine rings is 1. The van der Waals surface area contributed by atoms with E-state index in [1.54, 1.807) is 0 Å². The summed E-state index contributed by atoms with van der Waals surface area (Å²) >= 11 is 0.727. The fourth-order valence-electron chi connectivity index (χ4n) is 2.80. The van der Waals surface area contributed by atoms with Gasteiger partial charge in [-0.05, 0) is 12.8 Å². The van der Waals surface area contributed by atoms with Crippen LogP contribution < -0.4 is 10.6 Å². The fraction of sp³-hybridized carbons (Fsp3) is 0.533. The average Bonchev–Trinajstić information content (AvgIpc) is 3.07. The lowest BCUT2D eigenvalue weighted by Crippen LogP contribution is -2.42. The van der Waals surface area contributed by atoms with E-state index in [2.05, 4.69) is 25.6 Å². The number of nitrogens with zero attached hydrogens (tertiary/aromatic N) is 4. The maximum Gasteiger partial charge on any atom is 0.420 e. The average molecular weight is 440 g/mol. The molecule has 28 heavy (non-hydrogen) atoms. The smallest absolute Gasteiger partial charge is 0.365 e. The summed E-state index contributed by atoms with van der Waals surface area (Å²) in [6, 6.07) is -0.211. The molecule has 0 atom stereocenters. The first-order valence-corrected chi connectivity index (χ1v) is 10.8. The van der Waals surface area contributed by atoms with Crippen LogP contribution in [-0.2, 0) is 16.2 Å². The Morgan fingerprint density at radius 2 is 2.00 bits per heavy atom. The van der Waals surface area contributed by atoms with Gasteiger partial charge in [0.05, 0.1) is 16.8 Å². The van der Waals surface area contributed by atoms with Crippen LogP contribution in [0.5, 0.6) is 0 Å². The molecular weight excluding hydrogens is 417 g/mol. The van der Waals surface area contributed by atoms with E-state index >= 15 is 0 Å². The van der Waals surface area contributed by atoms with Crippen molar-refractivity contribution < 1.29 is 25.7 Å². The number of hydrogen-bond acceptors (Lipinski definition) is 8. The van der Waals surface area contributed by atoms with Gasteiger partial charge in [-0.15, -0.1) is 0 Å². The van der Waals surface area contributed by atoms with Crippen molar-refractivity contribution in [3.8, 4) is 10.6 Å². The van der Waals surface area contributed by atoms with Crippen molar-refractivity contribution in [1.82, 2.24) is 19.3 Å². The van der Waals surface area contributed by atoms with Crippen LogP contribution in [0.1, 0.15) is 22.5 Å². The van der Waals surface area contributed by atoms with Gasteiger partial charge in [0.15, 0.2) is 5.13 Å². The summed E-state index contributed by atoms with van der Waals surface area (Å²) in [7, 11) is -3.30. The van der Waals surface area contributed by atoms with Gasteiger partial charge >= 0.3 is 6.18 Å². The predicted molar refractivity (Wildman–Crippen MR) is 101 cm³/mol. The van der Waals surface area contributed by atoms with Crippen molar-refractivity contribution >= 4 is 32.4 Å². The molecule has 1 aliphatic rings. The summed E-state index contributed by atoms with van der Waals surface area (Å²) in [5, 5.41) is 5.03. The van der Waals surface area contributed by atoms with Crippen LogP contribution in [0, 0.1) is 0 Å². The van der Waals surface area contributed by atoms with Gasteiger partial charge in [0, 0.05) is 42.6 Å². The van der Waals surface area contributed by atoms with Gasteiger partial charge in [-0.3, -0.25) is 0 Å². The van der Waals surface area contributed by atoms with Gasteiger partial charge in [-0.1, -0.05) is 11.3 Å². The quantitative estimate of drug-likeness (QED) is 0.738. The Bertz CT molecular complexity index is 1040. The highest BCUT2D eigenvalue weighted by Gasteiger charge is 2.36. The third-order valence-corrected chi connectivity index (χ3v) is 6.42. The van der Waals surface area contributed by atoms with Gasteiger partial charge in [-0.2, -0.15) is 13.2 Å². The molecule has 154 valence electrons. The summed E-state index contributed by atoms with van der Waals surface area (Å²) < 4.78 is 86.5. The summed E-state index contributed by atoms with van der Waals surface area (Å²) in [6.45, 7) is -1.98. The normalized spacial score (nSPS) is 18.9. The highest BCUT2D eigenvalue weighted by molar-refractivity contribution is 7.88. The van der Waals surface area contributed by atoms with Crippen LogP contribution >= 0.6 is 11.3 Å². The van der Waals surface area contributed by atoms with Crippen molar-refractivity contribution in [3.05, 3.63) is 18.0 Å². The van der Waals surface area contributed by atoms with Crippen molar-refractivity contribution in [2.24, 2.45) is 0 Å². The number of thiazole rings is 1. The Hall–Kier alpha value is -1.99. The van der Waals surface area contributed by atoms with Crippen molar-refractivity contribution in [1.29, 1.82) is 0 Å². The summed E-state index contributed by atoms with van der Waals surface area (Å²) in [4.78, 5) is 11.6. The first-order chi connectivity index (χ1) is 14.2. The molecule has 0 bridgehead atoms. The molecule has 3 rings (SSSR count). The van der Waals surface area contributed by atoms with Crippen molar-refractivity contribution in [3.63, 3.8) is 0 Å². The molecule has 3 heterocycles. The first kappa shape index (κ1) is 16.9. The topological polar surface area (TPSA) is 100 Å². The fourth-order valence-corrected chi connectivity index (χ4v) is 4.40. The maximum absolute atomic E-state index is 13.5. The van der Waals surface area contributed by atoms with E-state index in [1.165, 1.54) is 4.31 Å². The summed E-state index contributed by atoms with van der Waals surface area (Å²) in [5.74, 6) is -0.0421. The van der Waals surface area contributed by atoms with Gasteiger partial charge in [0.2, 0.25) is 16.0 Å². The highest BCUT2D eigenvalue weighted by Crippen LogP contribution is 2.38. The Labute approximate surface area is 168 Å². The van der Waals surface area contributed by atoms with Crippen LogP contribution in [0.4, 0.5) is 24.3 Å². The van der Waals surface area contributed by atoms with Gasteiger partial charge < -0.3 is 10.6 Å². The van der Waals surface area contributed by atoms with E-state index in [0.29, 0.717) is 19.0 Å². The molecule has 2 N–H and O–H groups in total. The molecule has 0 saturated carbocycles. The molecule has 8 nitrogen and oxygen atoms in total. The Morgan fingerprint density at radius 1 is 1.29 bits per heavy atom. The van der Waals surface area contributed by atoms with Crippen LogP contribution in [0.2, 0.25) is 0 Å². The SMILES string of the molecule is [2H]C([2H])([2H])Nc1ncc(-c2nc(NC3CCN(S(C)(=O)=O)CC3)ncc2C(F)(F)F)s1. The molecule has 2 aromatic heterocycles. The molecule has 13 heteroatoms. The summed E-state index contributed by atoms with van der Waals surface area (Å²) in [6.07, 6.45) is -0.940. The summed E-state index contributed by atoms with van der Waals surface area (Å²) in [5.41, 5.74) is -1.50. The van der Waals surface area contributed by atoms with Gasteiger partial charge in [-0.25, -0.2) is 27.7 Å². The van der Waals surface area contributed by atoms with E-state index < -0.39 is 34.4 Å². The van der Waals surface area contributed by atoms with Gasteiger partial charge in [0.25, 0.3) is 0 Å². The lowest BCUT2D eigenvalue weighted by Gasteiger charge is -2.30. The number of aromatic nitrogens is 3. The molecule has 2 aromatic rings. The maximum atomic E-state index is 13.5. The Balaban J connectivity index is 1.83. The van der Waals surface area contributed by atoms with Crippen LogP contribution in [-0.4, -0.2) is 60.0 Å². The molecule has 1 aliphatic heterocycles. The van der Waals surface area contributed by atoms with Crippen LogP contribution in [0.3, 0.4) is 0 Å². The molecule has 0 unspecified atom stereocenters. The molecule has 0 amide bonds. The minimum atomic E-state index is -4.73. The van der Waals surface area contributed by atoms with E-state index in [0.717, 1.165) is 23.8 Å². The Kier molecular flexibility index (Phi) is 4.71. The lowest BCUT2D eigenvalue weighted by atomic mass is 10.1. The largest absolute Gasteiger partial charge is 0.420 e. The monoisotopic (exact) mass is 439 g/mol.